The summed E-state index contributed by atoms with van der Waals surface area (Å²) in [5, 5.41) is 24.9. The number of hydrogen-bond acceptors (Lipinski definition) is 7. The zero-order valence-corrected chi connectivity index (χ0v) is 15.0. The Kier molecular flexibility index (Phi) is 4.74. The van der Waals surface area contributed by atoms with Crippen LogP contribution in [0.25, 0.3) is 22.6 Å². The molecule has 140 valence electrons. The number of aromatic hydroxyl groups is 1. The van der Waals surface area contributed by atoms with Crippen LogP contribution in [-0.2, 0) is 0 Å². The van der Waals surface area contributed by atoms with E-state index in [1.807, 2.05) is 0 Å². The van der Waals surface area contributed by atoms with Gasteiger partial charge in [0, 0.05) is 29.7 Å². The molecule has 0 bridgehead atoms. The Morgan fingerprint density at radius 2 is 1.82 bits per heavy atom. The first kappa shape index (κ1) is 17.7. The molecule has 3 aromatic heterocycles. The van der Waals surface area contributed by atoms with Crippen LogP contribution in [0.15, 0.2) is 71.6 Å². The third-order valence-electron chi connectivity index (χ3n) is 4.35. The zero-order valence-electron chi connectivity index (χ0n) is 15.0. The van der Waals surface area contributed by atoms with E-state index in [1.54, 1.807) is 67.1 Å². The molecule has 1 aromatic carbocycles. The minimum atomic E-state index is -1.04. The van der Waals surface area contributed by atoms with Crippen LogP contribution in [0.5, 0.6) is 11.6 Å². The standard InChI is InChI=1S/C21H17N3O4/c1-27-21-16(5-3-11-23-21)20-17(19(26)14-4-2-10-22-12-14)18(24-28-20)13-6-8-15(25)9-7-13/h2-12,19,25-26H,1H3. The summed E-state index contributed by atoms with van der Waals surface area (Å²) in [5.74, 6) is 0.843. The molecular weight excluding hydrogens is 358 g/mol. The second-order valence-electron chi connectivity index (χ2n) is 6.07. The first-order valence-electron chi connectivity index (χ1n) is 8.55. The van der Waals surface area contributed by atoms with Crippen LogP contribution >= 0.6 is 0 Å². The number of phenols is 1. The number of nitrogens with zero attached hydrogens (tertiary/aromatic N) is 3. The summed E-state index contributed by atoms with van der Waals surface area (Å²) in [6.45, 7) is 0. The van der Waals surface area contributed by atoms with E-state index in [0.29, 0.717) is 39.6 Å². The Labute approximate surface area is 160 Å². The van der Waals surface area contributed by atoms with Crippen LogP contribution in [0.4, 0.5) is 0 Å². The molecule has 0 aliphatic heterocycles. The molecule has 0 spiro atoms. The van der Waals surface area contributed by atoms with Crippen molar-refractivity contribution in [1.82, 2.24) is 15.1 Å². The molecular formula is C21H17N3O4. The van der Waals surface area contributed by atoms with Crippen LogP contribution in [-0.4, -0.2) is 32.4 Å². The number of methoxy groups -OCH3 is 1. The fourth-order valence-electron chi connectivity index (χ4n) is 3.00. The number of aliphatic hydroxyl groups excluding tert-OH is 1. The lowest BCUT2D eigenvalue weighted by atomic mass is 9.95. The van der Waals surface area contributed by atoms with Crippen molar-refractivity contribution in [3.05, 3.63) is 78.2 Å². The highest BCUT2D eigenvalue weighted by atomic mass is 16.5. The summed E-state index contributed by atoms with van der Waals surface area (Å²) in [7, 11) is 1.51. The number of aliphatic hydroxyl groups is 1. The summed E-state index contributed by atoms with van der Waals surface area (Å²) < 4.78 is 11.0. The van der Waals surface area contributed by atoms with Crippen LogP contribution in [0.3, 0.4) is 0 Å². The van der Waals surface area contributed by atoms with Gasteiger partial charge < -0.3 is 19.5 Å². The normalized spacial score (nSPS) is 11.9. The van der Waals surface area contributed by atoms with Crippen molar-refractivity contribution in [3.63, 3.8) is 0 Å². The van der Waals surface area contributed by atoms with E-state index in [1.165, 1.54) is 7.11 Å². The lowest BCUT2D eigenvalue weighted by Crippen LogP contribution is -2.03. The van der Waals surface area contributed by atoms with E-state index < -0.39 is 6.10 Å². The average Bonchev–Trinajstić information content (AvgIpc) is 3.19. The molecule has 0 aliphatic carbocycles. The van der Waals surface area contributed by atoms with Gasteiger partial charge in [0.15, 0.2) is 5.76 Å². The van der Waals surface area contributed by atoms with Crippen molar-refractivity contribution in [2.45, 2.75) is 6.10 Å². The van der Waals surface area contributed by atoms with Gasteiger partial charge in [-0.05, 0) is 42.5 Å². The molecule has 1 unspecified atom stereocenters. The van der Waals surface area contributed by atoms with Gasteiger partial charge in [-0.25, -0.2) is 4.98 Å². The Bertz CT molecular complexity index is 1080. The molecule has 0 saturated carbocycles. The summed E-state index contributed by atoms with van der Waals surface area (Å²) in [6, 6.07) is 13.6. The summed E-state index contributed by atoms with van der Waals surface area (Å²) >= 11 is 0. The molecule has 0 aliphatic rings. The third-order valence-corrected chi connectivity index (χ3v) is 4.35. The fraction of sp³-hybridized carbons (Fsp3) is 0.0952. The van der Waals surface area contributed by atoms with Gasteiger partial charge in [-0.1, -0.05) is 11.2 Å². The number of hydrogen-bond donors (Lipinski definition) is 2. The molecule has 4 aromatic rings. The lowest BCUT2D eigenvalue weighted by molar-refractivity contribution is 0.220. The number of ether oxygens (including phenoxy) is 1. The quantitative estimate of drug-likeness (QED) is 0.549. The van der Waals surface area contributed by atoms with Gasteiger partial charge >= 0.3 is 0 Å². The second-order valence-corrected chi connectivity index (χ2v) is 6.07. The largest absolute Gasteiger partial charge is 0.508 e. The smallest absolute Gasteiger partial charge is 0.224 e. The van der Waals surface area contributed by atoms with Crippen molar-refractivity contribution >= 4 is 0 Å². The van der Waals surface area contributed by atoms with Gasteiger partial charge in [-0.2, -0.15) is 0 Å². The number of pyridine rings is 2. The zero-order chi connectivity index (χ0) is 19.5. The summed E-state index contributed by atoms with van der Waals surface area (Å²) in [5.41, 5.74) is 2.77. The van der Waals surface area contributed by atoms with E-state index in [9.17, 15) is 10.2 Å². The molecule has 2 N–H and O–H groups in total. The van der Waals surface area contributed by atoms with Gasteiger partial charge in [0.25, 0.3) is 0 Å². The van der Waals surface area contributed by atoms with Crippen LogP contribution in [0, 0.1) is 0 Å². The maximum absolute atomic E-state index is 11.1. The number of rotatable bonds is 5. The highest BCUT2D eigenvalue weighted by Gasteiger charge is 2.28. The van der Waals surface area contributed by atoms with Crippen molar-refractivity contribution < 1.29 is 19.5 Å². The highest BCUT2D eigenvalue weighted by molar-refractivity contribution is 5.76. The molecule has 1 atom stereocenters. The predicted molar refractivity (Wildman–Crippen MR) is 102 cm³/mol. The van der Waals surface area contributed by atoms with Gasteiger partial charge in [0.2, 0.25) is 5.88 Å². The third kappa shape index (κ3) is 3.19. The maximum Gasteiger partial charge on any atom is 0.224 e. The number of phenolic OH excluding ortho intramolecular Hbond substituents is 1. The Balaban J connectivity index is 1.93. The molecule has 3 heterocycles. The van der Waals surface area contributed by atoms with Crippen molar-refractivity contribution in [2.24, 2.45) is 0 Å². The monoisotopic (exact) mass is 375 g/mol. The SMILES string of the molecule is COc1ncccc1-c1onc(-c2ccc(O)cc2)c1C(O)c1cccnc1. The van der Waals surface area contributed by atoms with Gasteiger partial charge in [-0.15, -0.1) is 0 Å². The van der Waals surface area contributed by atoms with E-state index >= 15 is 0 Å². The van der Waals surface area contributed by atoms with Crippen LogP contribution in [0.2, 0.25) is 0 Å². The summed E-state index contributed by atoms with van der Waals surface area (Å²) in [6.07, 6.45) is 3.79. The second kappa shape index (κ2) is 7.50. The summed E-state index contributed by atoms with van der Waals surface area (Å²) in [4.78, 5) is 8.29. The number of aromatic nitrogens is 3. The predicted octanol–water partition coefficient (Wildman–Crippen LogP) is 3.59. The van der Waals surface area contributed by atoms with E-state index in [0.717, 1.165) is 0 Å². The van der Waals surface area contributed by atoms with Crippen LogP contribution in [0.1, 0.15) is 17.2 Å². The van der Waals surface area contributed by atoms with Gasteiger partial charge in [-0.3, -0.25) is 4.98 Å². The first-order chi connectivity index (χ1) is 13.7. The topological polar surface area (TPSA) is 102 Å². The highest BCUT2D eigenvalue weighted by Crippen LogP contribution is 2.41. The van der Waals surface area contributed by atoms with Crippen molar-refractivity contribution in [3.8, 4) is 34.2 Å². The fourth-order valence-corrected chi connectivity index (χ4v) is 3.00. The van der Waals surface area contributed by atoms with E-state index in [-0.39, 0.29) is 5.75 Å². The molecule has 0 radical (unpaired) electrons. The lowest BCUT2D eigenvalue weighted by Gasteiger charge is -2.13. The van der Waals surface area contributed by atoms with E-state index in [2.05, 4.69) is 15.1 Å². The molecule has 7 heteroatoms. The molecule has 7 nitrogen and oxygen atoms in total. The average molecular weight is 375 g/mol. The van der Waals surface area contributed by atoms with Crippen molar-refractivity contribution in [1.29, 1.82) is 0 Å². The molecule has 0 fully saturated rings. The molecule has 28 heavy (non-hydrogen) atoms. The van der Waals surface area contributed by atoms with E-state index in [4.69, 9.17) is 9.26 Å². The Hall–Kier alpha value is -3.71. The maximum atomic E-state index is 11.1. The minimum Gasteiger partial charge on any atom is -0.508 e. The number of benzene rings is 1. The molecule has 0 amide bonds. The van der Waals surface area contributed by atoms with Crippen molar-refractivity contribution in [2.75, 3.05) is 7.11 Å². The first-order valence-corrected chi connectivity index (χ1v) is 8.55. The van der Waals surface area contributed by atoms with Gasteiger partial charge in [0.05, 0.1) is 18.2 Å². The Morgan fingerprint density at radius 3 is 2.54 bits per heavy atom. The Morgan fingerprint density at radius 1 is 1.04 bits per heavy atom. The van der Waals surface area contributed by atoms with Gasteiger partial charge in [0.1, 0.15) is 17.5 Å². The molecule has 4 rings (SSSR count). The minimum absolute atomic E-state index is 0.135. The van der Waals surface area contributed by atoms with Crippen LogP contribution < -0.4 is 4.74 Å². The molecule has 0 saturated heterocycles.